The van der Waals surface area contributed by atoms with Gasteiger partial charge in [-0.05, 0) is 37.9 Å². The van der Waals surface area contributed by atoms with Crippen LogP contribution in [0.1, 0.15) is 38.1 Å². The van der Waals surface area contributed by atoms with Crippen LogP contribution < -0.4 is 10.6 Å². The number of benzene rings is 1. The number of amides is 1. The van der Waals surface area contributed by atoms with Crippen molar-refractivity contribution in [2.24, 2.45) is 5.92 Å². The molecular formula is C17H22N4O. The Morgan fingerprint density at radius 2 is 2.05 bits per heavy atom. The van der Waals surface area contributed by atoms with E-state index in [4.69, 9.17) is 0 Å². The first kappa shape index (κ1) is 13.8. The van der Waals surface area contributed by atoms with E-state index < -0.39 is 0 Å². The number of carbonyl (C=O) groups is 1. The minimum absolute atomic E-state index is 0.0665. The molecule has 2 heterocycles. The number of anilines is 1. The number of nitrogens with one attached hydrogen (secondary N) is 2. The fourth-order valence-corrected chi connectivity index (χ4v) is 3.76. The lowest BCUT2D eigenvalue weighted by Crippen LogP contribution is -2.26. The molecule has 0 radical (unpaired) electrons. The van der Waals surface area contributed by atoms with Gasteiger partial charge in [-0.2, -0.15) is 0 Å². The molecule has 0 spiro atoms. The molecular weight excluding hydrogens is 276 g/mol. The monoisotopic (exact) mass is 298 g/mol. The molecule has 1 aromatic heterocycles. The van der Waals surface area contributed by atoms with Gasteiger partial charge in [0.2, 0.25) is 11.9 Å². The lowest BCUT2D eigenvalue weighted by atomic mass is 10.1. The van der Waals surface area contributed by atoms with Crippen LogP contribution in [-0.4, -0.2) is 28.5 Å². The topological polar surface area (TPSA) is 59.0 Å². The molecule has 22 heavy (non-hydrogen) atoms. The van der Waals surface area contributed by atoms with Gasteiger partial charge >= 0.3 is 0 Å². The van der Waals surface area contributed by atoms with E-state index in [1.165, 1.54) is 25.7 Å². The zero-order valence-corrected chi connectivity index (χ0v) is 12.7. The SMILES string of the molecule is O=C(Nc1nc2ccccc2n1C1CCCC1)C1CCNC1. The number of aromatic nitrogens is 2. The molecule has 2 aliphatic rings. The maximum Gasteiger partial charge on any atom is 0.231 e. The summed E-state index contributed by atoms with van der Waals surface area (Å²) >= 11 is 0. The molecule has 1 saturated heterocycles. The number of nitrogens with zero attached hydrogens (tertiary/aromatic N) is 2. The summed E-state index contributed by atoms with van der Waals surface area (Å²) in [6.45, 7) is 1.70. The van der Waals surface area contributed by atoms with Gasteiger partial charge in [-0.15, -0.1) is 0 Å². The number of fused-ring (bicyclic) bond motifs is 1. The molecule has 0 bridgehead atoms. The maximum absolute atomic E-state index is 12.5. The average molecular weight is 298 g/mol. The second-order valence-electron chi connectivity index (χ2n) is 6.41. The molecule has 2 N–H and O–H groups in total. The molecule has 5 heteroatoms. The third-order valence-corrected chi connectivity index (χ3v) is 4.95. The highest BCUT2D eigenvalue weighted by Gasteiger charge is 2.27. The van der Waals surface area contributed by atoms with E-state index in [0.717, 1.165) is 36.5 Å². The Morgan fingerprint density at radius 1 is 1.23 bits per heavy atom. The summed E-state index contributed by atoms with van der Waals surface area (Å²) in [7, 11) is 0. The molecule has 2 aromatic rings. The van der Waals surface area contributed by atoms with E-state index in [2.05, 4.69) is 26.3 Å². The molecule has 116 valence electrons. The van der Waals surface area contributed by atoms with E-state index in [9.17, 15) is 4.79 Å². The van der Waals surface area contributed by atoms with Gasteiger partial charge in [0.15, 0.2) is 0 Å². The molecule has 1 aliphatic carbocycles. The molecule has 5 nitrogen and oxygen atoms in total. The lowest BCUT2D eigenvalue weighted by molar-refractivity contribution is -0.119. The standard InChI is InChI=1S/C17H22N4O/c22-16(12-9-10-18-11-12)20-17-19-14-7-3-4-8-15(14)21(17)13-5-1-2-6-13/h3-4,7-8,12-13,18H,1-2,5-6,9-11H2,(H,19,20,22). The van der Waals surface area contributed by atoms with Gasteiger partial charge in [-0.1, -0.05) is 25.0 Å². The molecule has 4 rings (SSSR count). The Balaban J connectivity index is 1.69. The molecule has 1 unspecified atom stereocenters. The van der Waals surface area contributed by atoms with Crippen molar-refractivity contribution in [2.45, 2.75) is 38.1 Å². The Morgan fingerprint density at radius 3 is 2.82 bits per heavy atom. The molecule has 1 aromatic carbocycles. The number of imidazole rings is 1. The number of rotatable bonds is 3. The van der Waals surface area contributed by atoms with Crippen molar-refractivity contribution in [3.05, 3.63) is 24.3 Å². The van der Waals surface area contributed by atoms with Gasteiger partial charge in [0.05, 0.1) is 17.0 Å². The highest BCUT2D eigenvalue weighted by Crippen LogP contribution is 2.35. The first-order valence-electron chi connectivity index (χ1n) is 8.31. The van der Waals surface area contributed by atoms with Crippen molar-refractivity contribution < 1.29 is 4.79 Å². The van der Waals surface area contributed by atoms with Crippen LogP contribution in [0, 0.1) is 5.92 Å². The number of hydrogen-bond acceptors (Lipinski definition) is 3. The van der Waals surface area contributed by atoms with Gasteiger partial charge in [0, 0.05) is 12.6 Å². The normalized spacial score (nSPS) is 22.5. The Labute approximate surface area is 130 Å². The molecule has 1 amide bonds. The highest BCUT2D eigenvalue weighted by atomic mass is 16.2. The number of para-hydroxylation sites is 2. The highest BCUT2D eigenvalue weighted by molar-refractivity contribution is 5.93. The zero-order valence-electron chi connectivity index (χ0n) is 12.7. The molecule has 1 atom stereocenters. The van der Waals surface area contributed by atoms with Crippen LogP contribution in [0.15, 0.2) is 24.3 Å². The number of carbonyl (C=O) groups excluding carboxylic acids is 1. The largest absolute Gasteiger partial charge is 0.316 e. The second-order valence-corrected chi connectivity index (χ2v) is 6.41. The fourth-order valence-electron chi connectivity index (χ4n) is 3.76. The first-order chi connectivity index (χ1) is 10.8. The summed E-state index contributed by atoms with van der Waals surface area (Å²) in [5.41, 5.74) is 2.10. The Bertz CT molecular complexity index is 681. The summed E-state index contributed by atoms with van der Waals surface area (Å²) in [6.07, 6.45) is 5.78. The molecule has 1 aliphatic heterocycles. The Kier molecular flexibility index (Phi) is 3.58. The third kappa shape index (κ3) is 2.39. The summed E-state index contributed by atoms with van der Waals surface area (Å²) in [4.78, 5) is 17.1. The minimum Gasteiger partial charge on any atom is -0.316 e. The van der Waals surface area contributed by atoms with E-state index in [1.807, 2.05) is 18.2 Å². The van der Waals surface area contributed by atoms with E-state index in [-0.39, 0.29) is 11.8 Å². The van der Waals surface area contributed by atoms with Gasteiger partial charge in [-0.25, -0.2) is 4.98 Å². The quantitative estimate of drug-likeness (QED) is 0.916. The van der Waals surface area contributed by atoms with Gasteiger partial charge in [0.1, 0.15) is 0 Å². The van der Waals surface area contributed by atoms with Crippen LogP contribution in [0.3, 0.4) is 0 Å². The molecule has 1 saturated carbocycles. The maximum atomic E-state index is 12.5. The third-order valence-electron chi connectivity index (χ3n) is 4.95. The Hall–Kier alpha value is -1.88. The van der Waals surface area contributed by atoms with Crippen LogP contribution in [0.2, 0.25) is 0 Å². The van der Waals surface area contributed by atoms with Gasteiger partial charge in [-0.3, -0.25) is 10.1 Å². The van der Waals surface area contributed by atoms with Crippen molar-refractivity contribution in [3.8, 4) is 0 Å². The zero-order chi connectivity index (χ0) is 14.9. The van der Waals surface area contributed by atoms with E-state index >= 15 is 0 Å². The lowest BCUT2D eigenvalue weighted by Gasteiger charge is -2.17. The summed E-state index contributed by atoms with van der Waals surface area (Å²) in [6, 6.07) is 8.63. The predicted octanol–water partition coefficient (Wildman–Crippen LogP) is 2.70. The first-order valence-corrected chi connectivity index (χ1v) is 8.31. The van der Waals surface area contributed by atoms with Crippen LogP contribution in [0.25, 0.3) is 11.0 Å². The van der Waals surface area contributed by atoms with E-state index in [0.29, 0.717) is 6.04 Å². The second kappa shape index (κ2) is 5.72. The van der Waals surface area contributed by atoms with Gasteiger partial charge < -0.3 is 9.88 Å². The van der Waals surface area contributed by atoms with Crippen LogP contribution >= 0.6 is 0 Å². The summed E-state index contributed by atoms with van der Waals surface area (Å²) in [5, 5.41) is 6.34. The average Bonchev–Trinajstić information content (AvgIpc) is 3.27. The fraction of sp³-hybridized carbons (Fsp3) is 0.529. The smallest absolute Gasteiger partial charge is 0.231 e. The van der Waals surface area contributed by atoms with Crippen molar-refractivity contribution >= 4 is 22.9 Å². The van der Waals surface area contributed by atoms with Gasteiger partial charge in [0.25, 0.3) is 0 Å². The summed E-state index contributed by atoms with van der Waals surface area (Å²) < 4.78 is 2.25. The van der Waals surface area contributed by atoms with Crippen molar-refractivity contribution in [1.82, 2.24) is 14.9 Å². The minimum atomic E-state index is 0.0665. The van der Waals surface area contributed by atoms with E-state index in [1.54, 1.807) is 0 Å². The van der Waals surface area contributed by atoms with Crippen LogP contribution in [-0.2, 0) is 4.79 Å². The van der Waals surface area contributed by atoms with Crippen LogP contribution in [0.5, 0.6) is 0 Å². The summed E-state index contributed by atoms with van der Waals surface area (Å²) in [5.74, 6) is 0.890. The van der Waals surface area contributed by atoms with Crippen LogP contribution in [0.4, 0.5) is 5.95 Å². The molecule has 2 fully saturated rings. The van der Waals surface area contributed by atoms with Crippen molar-refractivity contribution in [1.29, 1.82) is 0 Å². The van der Waals surface area contributed by atoms with Crippen molar-refractivity contribution in [3.63, 3.8) is 0 Å². The number of hydrogen-bond donors (Lipinski definition) is 2. The van der Waals surface area contributed by atoms with Crippen molar-refractivity contribution in [2.75, 3.05) is 18.4 Å². The predicted molar refractivity (Wildman–Crippen MR) is 86.8 cm³/mol.